The van der Waals surface area contributed by atoms with Crippen molar-refractivity contribution < 1.29 is 14.3 Å². The number of amidine groups is 1. The number of benzene rings is 1. The van der Waals surface area contributed by atoms with Crippen molar-refractivity contribution in [1.29, 1.82) is 0 Å². The third kappa shape index (κ3) is 2.61. The predicted molar refractivity (Wildman–Crippen MR) is 77.0 cm³/mol. The summed E-state index contributed by atoms with van der Waals surface area (Å²) in [4.78, 5) is 29.0. The zero-order valence-electron chi connectivity index (χ0n) is 11.8. The van der Waals surface area contributed by atoms with E-state index in [1.54, 1.807) is 29.2 Å². The number of nitrogens with zero attached hydrogens (tertiary/aromatic N) is 2. The number of methoxy groups -OCH3 is 1. The van der Waals surface area contributed by atoms with E-state index in [4.69, 9.17) is 5.73 Å². The summed E-state index contributed by atoms with van der Waals surface area (Å²) >= 11 is 0. The third-order valence-electron chi connectivity index (χ3n) is 3.86. The molecule has 1 unspecified atom stereocenters. The Morgan fingerprint density at radius 1 is 1.38 bits per heavy atom. The van der Waals surface area contributed by atoms with Crippen LogP contribution in [0.25, 0.3) is 0 Å². The SMILES string of the molecule is COC(=O)c1ccc(C2C(N)=NC(=O)N2CC2CC2)cc1. The van der Waals surface area contributed by atoms with Crippen LogP contribution < -0.4 is 5.73 Å². The molecule has 6 nitrogen and oxygen atoms in total. The van der Waals surface area contributed by atoms with Gasteiger partial charge in [-0.1, -0.05) is 12.1 Å². The van der Waals surface area contributed by atoms with Gasteiger partial charge >= 0.3 is 12.0 Å². The second-order valence-electron chi connectivity index (χ2n) is 5.43. The molecule has 0 bridgehead atoms. The molecule has 1 atom stereocenters. The lowest BCUT2D eigenvalue weighted by molar-refractivity contribution is 0.0600. The Morgan fingerprint density at radius 2 is 2.05 bits per heavy atom. The molecule has 1 saturated carbocycles. The Hall–Kier alpha value is -2.37. The normalized spacial score (nSPS) is 21.4. The summed E-state index contributed by atoms with van der Waals surface area (Å²) in [6, 6.07) is 6.32. The maximum atomic E-state index is 11.9. The van der Waals surface area contributed by atoms with Crippen molar-refractivity contribution in [3.05, 3.63) is 35.4 Å². The Morgan fingerprint density at radius 3 is 2.62 bits per heavy atom. The van der Waals surface area contributed by atoms with Crippen LogP contribution in [-0.2, 0) is 4.74 Å². The van der Waals surface area contributed by atoms with E-state index in [2.05, 4.69) is 9.73 Å². The van der Waals surface area contributed by atoms with Gasteiger partial charge in [0.25, 0.3) is 0 Å². The number of amides is 2. The standard InChI is InChI=1S/C15H17N3O3/c1-21-14(19)11-6-4-10(5-7-11)12-13(16)17-15(20)18(12)8-9-2-3-9/h4-7,9,12H,2-3,8H2,1H3,(H2,16,17,20). The minimum absolute atomic E-state index is 0.276. The number of nitrogens with two attached hydrogens (primary N) is 1. The highest BCUT2D eigenvalue weighted by Crippen LogP contribution is 2.35. The number of urea groups is 1. The molecule has 0 radical (unpaired) electrons. The topological polar surface area (TPSA) is 85.0 Å². The van der Waals surface area contributed by atoms with Crippen molar-refractivity contribution >= 4 is 17.8 Å². The van der Waals surface area contributed by atoms with E-state index >= 15 is 0 Å². The lowest BCUT2D eigenvalue weighted by Crippen LogP contribution is -2.34. The highest BCUT2D eigenvalue weighted by molar-refractivity contribution is 6.03. The third-order valence-corrected chi connectivity index (χ3v) is 3.86. The molecule has 0 saturated heterocycles. The first-order valence-corrected chi connectivity index (χ1v) is 6.93. The summed E-state index contributed by atoms with van der Waals surface area (Å²) in [5.41, 5.74) is 7.23. The molecule has 0 aromatic heterocycles. The van der Waals surface area contributed by atoms with Gasteiger partial charge < -0.3 is 15.4 Å². The van der Waals surface area contributed by atoms with E-state index in [9.17, 15) is 9.59 Å². The molecule has 1 aromatic carbocycles. The van der Waals surface area contributed by atoms with Crippen molar-refractivity contribution in [2.45, 2.75) is 18.9 Å². The molecule has 3 rings (SSSR count). The number of ether oxygens (including phenoxy) is 1. The maximum Gasteiger partial charge on any atom is 0.346 e. The molecule has 110 valence electrons. The monoisotopic (exact) mass is 287 g/mol. The van der Waals surface area contributed by atoms with Crippen molar-refractivity contribution in [2.24, 2.45) is 16.6 Å². The average molecular weight is 287 g/mol. The summed E-state index contributed by atoms with van der Waals surface area (Å²) in [5, 5.41) is 0. The van der Waals surface area contributed by atoms with Crippen molar-refractivity contribution in [3.8, 4) is 0 Å². The van der Waals surface area contributed by atoms with Crippen LogP contribution in [0.5, 0.6) is 0 Å². The van der Waals surface area contributed by atoms with Crippen molar-refractivity contribution in [2.75, 3.05) is 13.7 Å². The number of hydrogen-bond donors (Lipinski definition) is 1. The number of rotatable bonds is 4. The molecular formula is C15H17N3O3. The first-order chi connectivity index (χ1) is 10.1. The Bertz CT molecular complexity index is 605. The Balaban J connectivity index is 1.84. The highest BCUT2D eigenvalue weighted by Gasteiger charge is 2.38. The second kappa shape index (κ2) is 5.20. The van der Waals surface area contributed by atoms with Crippen LogP contribution in [0.3, 0.4) is 0 Å². The summed E-state index contributed by atoms with van der Waals surface area (Å²) in [6.07, 6.45) is 2.30. The lowest BCUT2D eigenvalue weighted by Gasteiger charge is -2.24. The van der Waals surface area contributed by atoms with Gasteiger partial charge in [0.2, 0.25) is 0 Å². The van der Waals surface area contributed by atoms with Gasteiger partial charge in [-0.15, -0.1) is 0 Å². The van der Waals surface area contributed by atoms with Gasteiger partial charge in [0.05, 0.1) is 12.7 Å². The summed E-state index contributed by atoms with van der Waals surface area (Å²) in [7, 11) is 1.34. The zero-order valence-corrected chi connectivity index (χ0v) is 11.8. The molecule has 1 fully saturated rings. The van der Waals surface area contributed by atoms with E-state index in [0.29, 0.717) is 23.9 Å². The van der Waals surface area contributed by atoms with Gasteiger partial charge in [-0.25, -0.2) is 9.59 Å². The number of esters is 1. The Kier molecular flexibility index (Phi) is 3.37. The molecule has 1 aliphatic heterocycles. The first-order valence-electron chi connectivity index (χ1n) is 6.93. The van der Waals surface area contributed by atoms with Crippen molar-refractivity contribution in [3.63, 3.8) is 0 Å². The molecule has 2 aliphatic rings. The molecule has 2 amide bonds. The fraction of sp³-hybridized carbons (Fsp3) is 0.400. The van der Waals surface area contributed by atoms with Gasteiger partial charge in [0.15, 0.2) is 0 Å². The fourth-order valence-corrected chi connectivity index (χ4v) is 2.54. The fourth-order valence-electron chi connectivity index (χ4n) is 2.54. The van der Waals surface area contributed by atoms with Crippen LogP contribution in [0.1, 0.15) is 34.8 Å². The van der Waals surface area contributed by atoms with Crippen LogP contribution in [0, 0.1) is 5.92 Å². The predicted octanol–water partition coefficient (Wildman–Crippen LogP) is 1.72. The largest absolute Gasteiger partial charge is 0.465 e. The molecule has 1 aliphatic carbocycles. The van der Waals surface area contributed by atoms with E-state index in [1.807, 2.05) is 0 Å². The quantitative estimate of drug-likeness (QED) is 0.854. The minimum atomic E-state index is -0.388. The number of aliphatic imine (C=N–C) groups is 1. The highest BCUT2D eigenvalue weighted by atomic mass is 16.5. The summed E-state index contributed by atoms with van der Waals surface area (Å²) in [5.74, 6) is 0.485. The minimum Gasteiger partial charge on any atom is -0.465 e. The van der Waals surface area contributed by atoms with Gasteiger partial charge in [-0.2, -0.15) is 4.99 Å². The number of carbonyl (C=O) groups excluding carboxylic acids is 2. The molecular weight excluding hydrogens is 270 g/mol. The lowest BCUT2D eigenvalue weighted by atomic mass is 10.0. The maximum absolute atomic E-state index is 11.9. The van der Waals surface area contributed by atoms with Crippen LogP contribution in [0.15, 0.2) is 29.3 Å². The van der Waals surface area contributed by atoms with Gasteiger partial charge in [0.1, 0.15) is 11.9 Å². The number of carbonyl (C=O) groups is 2. The number of hydrogen-bond acceptors (Lipinski definition) is 4. The van der Waals surface area contributed by atoms with Crippen molar-refractivity contribution in [1.82, 2.24) is 4.90 Å². The van der Waals surface area contributed by atoms with Crippen LogP contribution in [0.2, 0.25) is 0 Å². The smallest absolute Gasteiger partial charge is 0.346 e. The van der Waals surface area contributed by atoms with Crippen LogP contribution in [0.4, 0.5) is 4.79 Å². The average Bonchev–Trinajstić information content (AvgIpc) is 3.25. The second-order valence-corrected chi connectivity index (χ2v) is 5.43. The summed E-state index contributed by atoms with van der Waals surface area (Å²) in [6.45, 7) is 0.687. The molecule has 2 N–H and O–H groups in total. The molecule has 1 heterocycles. The molecule has 1 aromatic rings. The summed E-state index contributed by atoms with van der Waals surface area (Å²) < 4.78 is 4.67. The zero-order chi connectivity index (χ0) is 15.0. The molecule has 6 heteroatoms. The first kappa shape index (κ1) is 13.6. The van der Waals surface area contributed by atoms with Crippen LogP contribution in [-0.4, -0.2) is 36.4 Å². The van der Waals surface area contributed by atoms with E-state index in [0.717, 1.165) is 18.4 Å². The van der Waals surface area contributed by atoms with Gasteiger partial charge in [-0.3, -0.25) is 0 Å². The molecule has 0 spiro atoms. The Labute approximate surface area is 122 Å². The molecule has 21 heavy (non-hydrogen) atoms. The van der Waals surface area contributed by atoms with Crippen LogP contribution >= 0.6 is 0 Å². The van der Waals surface area contributed by atoms with Gasteiger partial charge in [0, 0.05) is 6.54 Å². The van der Waals surface area contributed by atoms with E-state index in [-0.39, 0.29) is 18.0 Å². The van der Waals surface area contributed by atoms with E-state index < -0.39 is 0 Å². The van der Waals surface area contributed by atoms with Gasteiger partial charge in [-0.05, 0) is 36.5 Å². The van der Waals surface area contributed by atoms with E-state index in [1.165, 1.54) is 7.11 Å².